The van der Waals surface area contributed by atoms with Crippen molar-refractivity contribution in [2.45, 2.75) is 26.3 Å². The summed E-state index contributed by atoms with van der Waals surface area (Å²) in [5.74, 6) is 0.554. The number of aryl methyl sites for hydroxylation is 1. The van der Waals surface area contributed by atoms with Crippen molar-refractivity contribution in [1.29, 1.82) is 0 Å². The van der Waals surface area contributed by atoms with Crippen LogP contribution in [0.1, 0.15) is 18.4 Å². The third-order valence-corrected chi connectivity index (χ3v) is 2.27. The Hall–Kier alpha value is -1.75. The van der Waals surface area contributed by atoms with E-state index < -0.39 is 0 Å². The van der Waals surface area contributed by atoms with Gasteiger partial charge in [-0.15, -0.1) is 0 Å². The van der Waals surface area contributed by atoms with Crippen LogP contribution in [0.15, 0.2) is 22.7 Å². The number of nitrogens with two attached hydrogens (primary N) is 1. The van der Waals surface area contributed by atoms with E-state index in [1.54, 1.807) is 0 Å². The molecule has 1 aromatic heterocycles. The molecule has 1 unspecified atom stereocenters. The molecule has 0 fully saturated rings. The highest BCUT2D eigenvalue weighted by atomic mass is 19.1. The summed E-state index contributed by atoms with van der Waals surface area (Å²) in [5, 5.41) is 3.81. The SMILES string of the molecule is Cc1cc(F)cc(-c2noc(CC(C)N)n2)c1. The summed E-state index contributed by atoms with van der Waals surface area (Å²) in [7, 11) is 0. The van der Waals surface area contributed by atoms with Crippen LogP contribution in [0.2, 0.25) is 0 Å². The zero-order valence-corrected chi connectivity index (χ0v) is 9.77. The monoisotopic (exact) mass is 235 g/mol. The quantitative estimate of drug-likeness (QED) is 0.884. The van der Waals surface area contributed by atoms with E-state index in [9.17, 15) is 4.39 Å². The van der Waals surface area contributed by atoms with Gasteiger partial charge in [-0.3, -0.25) is 0 Å². The van der Waals surface area contributed by atoms with Crippen LogP contribution in [0.5, 0.6) is 0 Å². The van der Waals surface area contributed by atoms with Crippen molar-refractivity contribution in [2.75, 3.05) is 0 Å². The average molecular weight is 235 g/mol. The number of hydrogen-bond acceptors (Lipinski definition) is 4. The first-order chi connectivity index (χ1) is 8.04. The van der Waals surface area contributed by atoms with Gasteiger partial charge in [0.1, 0.15) is 5.82 Å². The number of benzene rings is 1. The largest absolute Gasteiger partial charge is 0.339 e. The molecule has 0 saturated carbocycles. The second kappa shape index (κ2) is 4.63. The molecule has 0 spiro atoms. The van der Waals surface area contributed by atoms with Gasteiger partial charge < -0.3 is 10.3 Å². The number of hydrogen-bond donors (Lipinski definition) is 1. The molecule has 0 amide bonds. The Bertz CT molecular complexity index is 502. The lowest BCUT2D eigenvalue weighted by atomic mass is 10.1. The lowest BCUT2D eigenvalue weighted by molar-refractivity contribution is 0.372. The van der Waals surface area contributed by atoms with Crippen molar-refractivity contribution in [3.05, 3.63) is 35.5 Å². The summed E-state index contributed by atoms with van der Waals surface area (Å²) < 4.78 is 18.3. The third-order valence-electron chi connectivity index (χ3n) is 2.27. The Balaban J connectivity index is 2.30. The molecular weight excluding hydrogens is 221 g/mol. The van der Waals surface area contributed by atoms with Crippen molar-refractivity contribution >= 4 is 0 Å². The van der Waals surface area contributed by atoms with Crippen LogP contribution in [0.25, 0.3) is 11.4 Å². The summed E-state index contributed by atoms with van der Waals surface area (Å²) in [6.45, 7) is 3.67. The van der Waals surface area contributed by atoms with Crippen molar-refractivity contribution in [1.82, 2.24) is 10.1 Å². The lowest BCUT2D eigenvalue weighted by Gasteiger charge is -1.98. The molecule has 0 aliphatic rings. The first kappa shape index (κ1) is 11.7. The van der Waals surface area contributed by atoms with Crippen LogP contribution in [0.3, 0.4) is 0 Å². The maximum Gasteiger partial charge on any atom is 0.228 e. The molecule has 2 rings (SSSR count). The average Bonchev–Trinajstić information content (AvgIpc) is 2.63. The predicted molar refractivity (Wildman–Crippen MR) is 61.8 cm³/mol. The minimum atomic E-state index is -0.307. The van der Waals surface area contributed by atoms with Crippen LogP contribution in [0, 0.1) is 12.7 Å². The maximum absolute atomic E-state index is 13.2. The van der Waals surface area contributed by atoms with Crippen molar-refractivity contribution in [2.24, 2.45) is 5.73 Å². The molecule has 0 radical (unpaired) electrons. The Morgan fingerprint density at radius 2 is 2.18 bits per heavy atom. The standard InChI is InChI=1S/C12H14FN3O/c1-7-3-9(6-10(13)4-7)12-15-11(17-16-12)5-8(2)14/h3-4,6,8H,5,14H2,1-2H3. The van der Waals surface area contributed by atoms with Crippen molar-refractivity contribution in [3.8, 4) is 11.4 Å². The van der Waals surface area contributed by atoms with Gasteiger partial charge in [0.05, 0.1) is 0 Å². The van der Waals surface area contributed by atoms with E-state index in [1.807, 2.05) is 19.9 Å². The summed E-state index contributed by atoms with van der Waals surface area (Å²) in [6.07, 6.45) is 0.515. The van der Waals surface area contributed by atoms with Gasteiger partial charge in [-0.25, -0.2) is 4.39 Å². The van der Waals surface area contributed by atoms with Gasteiger partial charge >= 0.3 is 0 Å². The number of rotatable bonds is 3. The fraction of sp³-hybridized carbons (Fsp3) is 0.333. The number of halogens is 1. The highest BCUT2D eigenvalue weighted by molar-refractivity contribution is 5.55. The Morgan fingerprint density at radius 3 is 2.82 bits per heavy atom. The Kier molecular flexibility index (Phi) is 3.19. The summed E-state index contributed by atoms with van der Waals surface area (Å²) >= 11 is 0. The molecule has 5 heteroatoms. The summed E-state index contributed by atoms with van der Waals surface area (Å²) in [5.41, 5.74) is 7.06. The van der Waals surface area contributed by atoms with Crippen LogP contribution in [-0.4, -0.2) is 16.2 Å². The van der Waals surface area contributed by atoms with Crippen LogP contribution >= 0.6 is 0 Å². The number of aromatic nitrogens is 2. The molecule has 0 aliphatic carbocycles. The lowest BCUT2D eigenvalue weighted by Crippen LogP contribution is -2.17. The van der Waals surface area contributed by atoms with Gasteiger partial charge in [0, 0.05) is 18.0 Å². The predicted octanol–water partition coefficient (Wildman–Crippen LogP) is 2.07. The van der Waals surface area contributed by atoms with Crippen LogP contribution in [0.4, 0.5) is 4.39 Å². The minimum absolute atomic E-state index is 0.0439. The molecule has 1 atom stereocenters. The zero-order valence-electron chi connectivity index (χ0n) is 9.77. The summed E-state index contributed by atoms with van der Waals surface area (Å²) in [4.78, 5) is 4.18. The first-order valence-electron chi connectivity index (χ1n) is 5.40. The van der Waals surface area contributed by atoms with Gasteiger partial charge in [0.25, 0.3) is 0 Å². The highest BCUT2D eigenvalue weighted by Gasteiger charge is 2.11. The van der Waals surface area contributed by atoms with Crippen molar-refractivity contribution < 1.29 is 8.91 Å². The van der Waals surface area contributed by atoms with Crippen LogP contribution in [-0.2, 0) is 6.42 Å². The maximum atomic E-state index is 13.2. The fourth-order valence-electron chi connectivity index (χ4n) is 1.60. The molecule has 0 saturated heterocycles. The van der Waals surface area contributed by atoms with E-state index in [1.165, 1.54) is 12.1 Å². The molecule has 17 heavy (non-hydrogen) atoms. The van der Waals surface area contributed by atoms with Gasteiger partial charge in [-0.2, -0.15) is 4.98 Å². The molecule has 0 aliphatic heterocycles. The minimum Gasteiger partial charge on any atom is -0.339 e. The van der Waals surface area contributed by atoms with E-state index in [4.69, 9.17) is 10.3 Å². The topological polar surface area (TPSA) is 64.9 Å². The van der Waals surface area contributed by atoms with E-state index in [0.29, 0.717) is 23.7 Å². The fourth-order valence-corrected chi connectivity index (χ4v) is 1.60. The highest BCUT2D eigenvalue weighted by Crippen LogP contribution is 2.19. The molecule has 1 aromatic carbocycles. The summed E-state index contributed by atoms with van der Waals surface area (Å²) in [6, 6.07) is 4.60. The normalized spacial score (nSPS) is 12.7. The molecule has 1 heterocycles. The molecule has 2 aromatic rings. The van der Waals surface area contributed by atoms with Crippen molar-refractivity contribution in [3.63, 3.8) is 0 Å². The van der Waals surface area contributed by atoms with Gasteiger partial charge in [-0.1, -0.05) is 5.16 Å². The Morgan fingerprint density at radius 1 is 1.41 bits per heavy atom. The Labute approximate surface area is 98.6 Å². The van der Waals surface area contributed by atoms with E-state index in [-0.39, 0.29) is 11.9 Å². The smallest absolute Gasteiger partial charge is 0.228 e. The molecule has 4 nitrogen and oxygen atoms in total. The van der Waals surface area contributed by atoms with E-state index in [0.717, 1.165) is 5.56 Å². The van der Waals surface area contributed by atoms with Gasteiger partial charge in [0.2, 0.25) is 11.7 Å². The number of nitrogens with zero attached hydrogens (tertiary/aromatic N) is 2. The molecule has 0 bridgehead atoms. The third kappa shape index (κ3) is 2.88. The van der Waals surface area contributed by atoms with Gasteiger partial charge in [-0.05, 0) is 37.6 Å². The molecule has 2 N–H and O–H groups in total. The first-order valence-corrected chi connectivity index (χ1v) is 5.40. The van der Waals surface area contributed by atoms with Crippen LogP contribution < -0.4 is 5.73 Å². The molecular formula is C12H14FN3O. The second-order valence-corrected chi connectivity index (χ2v) is 4.21. The molecule has 90 valence electrons. The van der Waals surface area contributed by atoms with Gasteiger partial charge in [0.15, 0.2) is 0 Å². The van der Waals surface area contributed by atoms with E-state index >= 15 is 0 Å². The van der Waals surface area contributed by atoms with E-state index in [2.05, 4.69) is 10.1 Å². The zero-order chi connectivity index (χ0) is 12.4. The second-order valence-electron chi connectivity index (χ2n) is 4.21.